The number of sulfonamides is 1. The minimum atomic E-state index is -3.32. The predicted octanol–water partition coefficient (Wildman–Crippen LogP) is 1.51. The van der Waals surface area contributed by atoms with Gasteiger partial charge in [-0.25, -0.2) is 8.42 Å². The van der Waals surface area contributed by atoms with E-state index in [1.807, 2.05) is 6.92 Å². The van der Waals surface area contributed by atoms with Gasteiger partial charge in [0.1, 0.15) is 0 Å². The molecule has 0 spiro atoms. The van der Waals surface area contributed by atoms with E-state index >= 15 is 0 Å². The Balaban J connectivity index is 2.56. The summed E-state index contributed by atoms with van der Waals surface area (Å²) in [7, 11) is -1.52. The standard InChI is InChI=1S/C11H18N2O3S/c1-3-16-8-9-17(14,15)13-11-6-4-10(12-2)5-7-11/h4-7,12-13H,3,8-9H2,1-2H3. The Hall–Kier alpha value is -1.27. The molecule has 1 aromatic carbocycles. The largest absolute Gasteiger partial charge is 0.388 e. The van der Waals surface area contributed by atoms with Crippen LogP contribution in [0.25, 0.3) is 0 Å². The number of rotatable bonds is 7. The molecule has 2 N–H and O–H groups in total. The summed E-state index contributed by atoms with van der Waals surface area (Å²) in [5.74, 6) is -0.0331. The van der Waals surface area contributed by atoms with Gasteiger partial charge in [0, 0.05) is 25.0 Å². The molecule has 6 heteroatoms. The molecule has 1 rings (SSSR count). The number of hydrogen-bond acceptors (Lipinski definition) is 4. The van der Waals surface area contributed by atoms with E-state index in [9.17, 15) is 8.42 Å². The van der Waals surface area contributed by atoms with Crippen LogP contribution < -0.4 is 10.0 Å². The van der Waals surface area contributed by atoms with E-state index in [1.54, 1.807) is 31.3 Å². The zero-order chi connectivity index (χ0) is 12.7. The maximum Gasteiger partial charge on any atom is 0.234 e. The van der Waals surface area contributed by atoms with Crippen LogP contribution >= 0.6 is 0 Å². The van der Waals surface area contributed by atoms with Crippen LogP contribution in [0.15, 0.2) is 24.3 Å². The fourth-order valence-corrected chi connectivity index (χ4v) is 2.18. The van der Waals surface area contributed by atoms with Crippen LogP contribution in [0.3, 0.4) is 0 Å². The lowest BCUT2D eigenvalue weighted by Crippen LogP contribution is -2.20. The number of hydrogen-bond donors (Lipinski definition) is 2. The van der Waals surface area contributed by atoms with Gasteiger partial charge in [0.15, 0.2) is 0 Å². The van der Waals surface area contributed by atoms with Gasteiger partial charge in [0.25, 0.3) is 0 Å². The maximum atomic E-state index is 11.6. The van der Waals surface area contributed by atoms with Crippen molar-refractivity contribution < 1.29 is 13.2 Å². The van der Waals surface area contributed by atoms with Gasteiger partial charge in [0.2, 0.25) is 10.0 Å². The normalized spacial score (nSPS) is 11.2. The Morgan fingerprint density at radius 3 is 2.29 bits per heavy atom. The van der Waals surface area contributed by atoms with Gasteiger partial charge in [-0.3, -0.25) is 4.72 Å². The van der Waals surface area contributed by atoms with Crippen LogP contribution in [0, 0.1) is 0 Å². The summed E-state index contributed by atoms with van der Waals surface area (Å²) in [6.45, 7) is 2.56. The molecule has 17 heavy (non-hydrogen) atoms. The van der Waals surface area contributed by atoms with Gasteiger partial charge in [-0.1, -0.05) is 0 Å². The molecule has 0 bridgehead atoms. The maximum absolute atomic E-state index is 11.6. The molecule has 0 unspecified atom stereocenters. The van der Waals surface area contributed by atoms with E-state index in [0.717, 1.165) is 5.69 Å². The molecular weight excluding hydrogens is 240 g/mol. The van der Waals surface area contributed by atoms with Crippen LogP contribution in [0.4, 0.5) is 11.4 Å². The second kappa shape index (κ2) is 6.46. The van der Waals surface area contributed by atoms with Crippen LogP contribution in [-0.4, -0.2) is 34.4 Å². The lowest BCUT2D eigenvalue weighted by molar-refractivity contribution is 0.163. The molecule has 0 atom stereocenters. The quantitative estimate of drug-likeness (QED) is 0.727. The highest BCUT2D eigenvalue weighted by molar-refractivity contribution is 7.92. The summed E-state index contributed by atoms with van der Waals surface area (Å²) in [5, 5.41) is 2.96. The SMILES string of the molecule is CCOCCS(=O)(=O)Nc1ccc(NC)cc1. The first-order valence-electron chi connectivity index (χ1n) is 5.43. The number of ether oxygens (including phenoxy) is 1. The number of anilines is 2. The first kappa shape index (κ1) is 13.8. The topological polar surface area (TPSA) is 67.4 Å². The molecule has 0 aliphatic heterocycles. The molecule has 0 saturated carbocycles. The van der Waals surface area contributed by atoms with Crippen molar-refractivity contribution in [2.45, 2.75) is 6.92 Å². The summed E-state index contributed by atoms with van der Waals surface area (Å²) in [5.41, 5.74) is 1.49. The van der Waals surface area contributed by atoms with Gasteiger partial charge in [0.05, 0.1) is 12.4 Å². The first-order valence-corrected chi connectivity index (χ1v) is 7.08. The minimum absolute atomic E-state index is 0.0331. The van der Waals surface area contributed by atoms with Crippen molar-refractivity contribution in [3.05, 3.63) is 24.3 Å². The molecule has 0 aliphatic carbocycles. The van der Waals surface area contributed by atoms with Crippen molar-refractivity contribution in [1.29, 1.82) is 0 Å². The number of nitrogens with one attached hydrogen (secondary N) is 2. The van der Waals surface area contributed by atoms with Gasteiger partial charge >= 0.3 is 0 Å². The summed E-state index contributed by atoms with van der Waals surface area (Å²) in [4.78, 5) is 0. The lowest BCUT2D eigenvalue weighted by Gasteiger charge is -2.08. The summed E-state index contributed by atoms with van der Waals surface area (Å²) in [6, 6.07) is 7.04. The highest BCUT2D eigenvalue weighted by Crippen LogP contribution is 2.14. The second-order valence-corrected chi connectivity index (χ2v) is 5.29. The predicted molar refractivity (Wildman–Crippen MR) is 69.9 cm³/mol. The van der Waals surface area contributed by atoms with E-state index in [4.69, 9.17) is 4.74 Å². The Labute approximate surface area is 102 Å². The molecular formula is C11H18N2O3S. The highest BCUT2D eigenvalue weighted by Gasteiger charge is 2.09. The Morgan fingerprint density at radius 2 is 1.76 bits per heavy atom. The second-order valence-electron chi connectivity index (χ2n) is 3.45. The van der Waals surface area contributed by atoms with Crippen molar-refractivity contribution in [3.8, 4) is 0 Å². The van der Waals surface area contributed by atoms with Crippen molar-refractivity contribution in [2.75, 3.05) is 36.1 Å². The minimum Gasteiger partial charge on any atom is -0.388 e. The van der Waals surface area contributed by atoms with Gasteiger partial charge < -0.3 is 10.1 Å². The molecule has 0 fully saturated rings. The van der Waals surface area contributed by atoms with Crippen molar-refractivity contribution >= 4 is 21.4 Å². The molecule has 0 aliphatic rings. The molecule has 0 aromatic heterocycles. The van der Waals surface area contributed by atoms with Crippen molar-refractivity contribution in [2.24, 2.45) is 0 Å². The smallest absolute Gasteiger partial charge is 0.234 e. The van der Waals surface area contributed by atoms with Crippen molar-refractivity contribution in [1.82, 2.24) is 0 Å². The van der Waals surface area contributed by atoms with Gasteiger partial charge in [-0.05, 0) is 31.2 Å². The van der Waals surface area contributed by atoms with Crippen LogP contribution in [0.1, 0.15) is 6.92 Å². The summed E-state index contributed by atoms with van der Waals surface area (Å²) in [6.07, 6.45) is 0. The van der Waals surface area contributed by atoms with E-state index in [-0.39, 0.29) is 12.4 Å². The molecule has 5 nitrogen and oxygen atoms in total. The molecule has 0 amide bonds. The fraction of sp³-hybridized carbons (Fsp3) is 0.455. The van der Waals surface area contributed by atoms with Gasteiger partial charge in [-0.15, -0.1) is 0 Å². The van der Waals surface area contributed by atoms with Gasteiger partial charge in [-0.2, -0.15) is 0 Å². The molecule has 0 saturated heterocycles. The monoisotopic (exact) mass is 258 g/mol. The Morgan fingerprint density at radius 1 is 1.18 bits per heavy atom. The first-order chi connectivity index (χ1) is 8.07. The molecule has 0 radical (unpaired) electrons. The third kappa shape index (κ3) is 5.06. The third-order valence-corrected chi connectivity index (χ3v) is 3.40. The van der Waals surface area contributed by atoms with E-state index in [2.05, 4.69) is 10.0 Å². The average molecular weight is 258 g/mol. The number of benzene rings is 1. The summed E-state index contributed by atoms with van der Waals surface area (Å²) < 4.78 is 30.8. The van der Waals surface area contributed by atoms with Crippen LogP contribution in [0.5, 0.6) is 0 Å². The zero-order valence-electron chi connectivity index (χ0n) is 10.1. The highest BCUT2D eigenvalue weighted by atomic mass is 32.2. The molecule has 1 aromatic rings. The van der Waals surface area contributed by atoms with Crippen molar-refractivity contribution in [3.63, 3.8) is 0 Å². The van der Waals surface area contributed by atoms with E-state index in [1.165, 1.54) is 0 Å². The summed E-state index contributed by atoms with van der Waals surface area (Å²) >= 11 is 0. The third-order valence-electron chi connectivity index (χ3n) is 2.15. The van der Waals surface area contributed by atoms with Crippen LogP contribution in [0.2, 0.25) is 0 Å². The average Bonchev–Trinajstić information content (AvgIpc) is 2.30. The Kier molecular flexibility index (Phi) is 5.24. The zero-order valence-corrected chi connectivity index (χ0v) is 10.9. The lowest BCUT2D eigenvalue weighted by atomic mass is 10.3. The van der Waals surface area contributed by atoms with E-state index in [0.29, 0.717) is 12.3 Å². The Bertz CT molecular complexity index is 429. The fourth-order valence-electron chi connectivity index (χ4n) is 1.25. The van der Waals surface area contributed by atoms with E-state index < -0.39 is 10.0 Å². The molecule has 0 heterocycles. The molecule has 96 valence electrons. The van der Waals surface area contributed by atoms with Crippen LogP contribution in [-0.2, 0) is 14.8 Å².